The lowest BCUT2D eigenvalue weighted by Crippen LogP contribution is -2.29. The van der Waals surface area contributed by atoms with E-state index in [9.17, 15) is 4.79 Å². The predicted molar refractivity (Wildman–Crippen MR) is 103 cm³/mol. The summed E-state index contributed by atoms with van der Waals surface area (Å²) < 4.78 is 5.90. The normalized spacial score (nSPS) is 12.4. The van der Waals surface area contributed by atoms with Gasteiger partial charge in [0.15, 0.2) is 0 Å². The topological polar surface area (TPSA) is 46.3 Å². The highest BCUT2D eigenvalue weighted by molar-refractivity contribution is 6.29. The number of carbonyl (C=O) groups excluding carboxylic acids is 1. The number of furan rings is 1. The van der Waals surface area contributed by atoms with E-state index in [1.165, 1.54) is 0 Å². The minimum absolute atomic E-state index is 0.0743. The molecule has 0 saturated heterocycles. The Kier molecular flexibility index (Phi) is 4.13. The maximum Gasteiger partial charge on any atom is 0.254 e. The lowest BCUT2D eigenvalue weighted by Gasteiger charge is -2.23. The molecule has 0 spiro atoms. The molecule has 0 radical (unpaired) electrons. The van der Waals surface area contributed by atoms with Crippen LogP contribution in [0.5, 0.6) is 0 Å². The second-order valence-corrected chi connectivity index (χ2v) is 6.71. The van der Waals surface area contributed by atoms with E-state index in [0.717, 1.165) is 27.6 Å². The minimum Gasteiger partial charge on any atom is -0.459 e. The zero-order valence-electron chi connectivity index (χ0n) is 14.4. The van der Waals surface area contributed by atoms with E-state index in [4.69, 9.17) is 16.0 Å². The van der Waals surface area contributed by atoms with Crippen LogP contribution in [0.25, 0.3) is 21.9 Å². The van der Waals surface area contributed by atoms with Gasteiger partial charge in [-0.05, 0) is 49.4 Å². The summed E-state index contributed by atoms with van der Waals surface area (Å²) in [6, 6.07) is 18.6. The molecular weight excluding hydrogens is 348 g/mol. The summed E-state index contributed by atoms with van der Waals surface area (Å²) in [4.78, 5) is 18.9. The Morgan fingerprint density at radius 3 is 2.69 bits per heavy atom. The molecule has 0 aliphatic carbocycles. The van der Waals surface area contributed by atoms with Crippen LogP contribution in [0.2, 0.25) is 5.15 Å². The number of nitrogens with zero attached hydrogens (tertiary/aromatic N) is 2. The molecule has 0 saturated carbocycles. The van der Waals surface area contributed by atoms with Crippen LogP contribution in [0, 0.1) is 0 Å². The summed E-state index contributed by atoms with van der Waals surface area (Å²) in [6.07, 6.45) is 0. The highest BCUT2D eigenvalue weighted by atomic mass is 35.5. The molecule has 1 atom stereocenters. The van der Waals surface area contributed by atoms with Crippen molar-refractivity contribution in [3.8, 4) is 0 Å². The van der Waals surface area contributed by atoms with Gasteiger partial charge in [-0.1, -0.05) is 29.8 Å². The van der Waals surface area contributed by atoms with Crippen molar-refractivity contribution in [3.63, 3.8) is 0 Å². The van der Waals surface area contributed by atoms with Crippen LogP contribution in [-0.4, -0.2) is 22.8 Å². The second-order valence-electron chi connectivity index (χ2n) is 6.32. The fourth-order valence-corrected chi connectivity index (χ4v) is 3.17. The van der Waals surface area contributed by atoms with Gasteiger partial charge >= 0.3 is 0 Å². The Bertz CT molecular complexity index is 1090. The zero-order chi connectivity index (χ0) is 18.3. The van der Waals surface area contributed by atoms with Crippen LogP contribution in [0.1, 0.15) is 29.1 Å². The number of hydrogen-bond donors (Lipinski definition) is 0. The summed E-state index contributed by atoms with van der Waals surface area (Å²) in [6.45, 7) is 1.96. The van der Waals surface area contributed by atoms with Gasteiger partial charge in [0.2, 0.25) is 0 Å². The third-order valence-corrected chi connectivity index (χ3v) is 4.87. The molecule has 0 bridgehead atoms. The maximum atomic E-state index is 12.9. The van der Waals surface area contributed by atoms with Crippen LogP contribution in [0.3, 0.4) is 0 Å². The van der Waals surface area contributed by atoms with Gasteiger partial charge in [-0.15, -0.1) is 0 Å². The van der Waals surface area contributed by atoms with Crippen molar-refractivity contribution in [2.75, 3.05) is 7.05 Å². The van der Waals surface area contributed by atoms with Gasteiger partial charge in [0, 0.05) is 23.4 Å². The highest BCUT2D eigenvalue weighted by Gasteiger charge is 2.22. The molecule has 2 aromatic carbocycles. The van der Waals surface area contributed by atoms with Crippen molar-refractivity contribution in [1.29, 1.82) is 0 Å². The Labute approximate surface area is 156 Å². The van der Waals surface area contributed by atoms with Crippen LogP contribution >= 0.6 is 11.6 Å². The monoisotopic (exact) mass is 364 g/mol. The second kappa shape index (κ2) is 6.46. The van der Waals surface area contributed by atoms with E-state index in [0.29, 0.717) is 10.7 Å². The van der Waals surface area contributed by atoms with Crippen molar-refractivity contribution < 1.29 is 9.21 Å². The van der Waals surface area contributed by atoms with Crippen molar-refractivity contribution in [1.82, 2.24) is 9.88 Å². The molecule has 1 unspecified atom stereocenters. The molecular formula is C21H17ClN2O2. The average molecular weight is 365 g/mol. The quantitative estimate of drug-likeness (QED) is 0.453. The van der Waals surface area contributed by atoms with Gasteiger partial charge < -0.3 is 9.32 Å². The molecule has 0 N–H and O–H groups in total. The Balaban J connectivity index is 1.63. The number of aromatic nitrogens is 1. The lowest BCUT2D eigenvalue weighted by molar-refractivity contribution is 0.0727. The first-order valence-corrected chi connectivity index (χ1v) is 8.72. The highest BCUT2D eigenvalue weighted by Crippen LogP contribution is 2.28. The standard InChI is InChI=1S/C21H17ClN2O2/c1-13(19-12-15-5-3-4-6-18(15)26-19)24(2)21(25)16-7-9-17-14(11-16)8-10-20(22)23-17/h3-13H,1-2H3. The molecule has 2 aromatic heterocycles. The molecule has 4 aromatic rings. The van der Waals surface area contributed by atoms with E-state index >= 15 is 0 Å². The first-order valence-electron chi connectivity index (χ1n) is 8.35. The fraction of sp³-hybridized carbons (Fsp3) is 0.143. The minimum atomic E-state index is -0.186. The Morgan fingerprint density at radius 2 is 1.88 bits per heavy atom. The molecule has 5 heteroatoms. The number of para-hydroxylation sites is 1. The number of benzene rings is 2. The number of halogens is 1. The number of amides is 1. The smallest absolute Gasteiger partial charge is 0.254 e. The summed E-state index contributed by atoms with van der Waals surface area (Å²) >= 11 is 5.92. The molecule has 1 amide bonds. The summed E-state index contributed by atoms with van der Waals surface area (Å²) in [5.41, 5.74) is 2.19. The third-order valence-electron chi connectivity index (χ3n) is 4.66. The summed E-state index contributed by atoms with van der Waals surface area (Å²) in [7, 11) is 1.78. The zero-order valence-corrected chi connectivity index (χ0v) is 15.2. The number of hydrogen-bond acceptors (Lipinski definition) is 3. The first-order chi connectivity index (χ1) is 12.5. The molecule has 0 aliphatic rings. The van der Waals surface area contributed by atoms with Crippen molar-refractivity contribution in [3.05, 3.63) is 77.1 Å². The number of rotatable bonds is 3. The van der Waals surface area contributed by atoms with E-state index in [1.807, 2.05) is 55.5 Å². The number of pyridine rings is 1. The SMILES string of the molecule is CC(c1cc2ccccc2o1)N(C)C(=O)c1ccc2nc(Cl)ccc2c1. The number of fused-ring (bicyclic) bond motifs is 2. The van der Waals surface area contributed by atoms with E-state index in [1.54, 1.807) is 24.1 Å². The predicted octanol–water partition coefficient (Wildman–Crippen LogP) is 5.47. The first kappa shape index (κ1) is 16.6. The van der Waals surface area contributed by atoms with Gasteiger partial charge in [0.05, 0.1) is 11.6 Å². The van der Waals surface area contributed by atoms with E-state index < -0.39 is 0 Å². The average Bonchev–Trinajstić information content (AvgIpc) is 3.10. The summed E-state index contributed by atoms with van der Waals surface area (Å²) in [5, 5.41) is 2.35. The van der Waals surface area contributed by atoms with Gasteiger partial charge in [-0.2, -0.15) is 0 Å². The van der Waals surface area contributed by atoms with Gasteiger partial charge in [-0.3, -0.25) is 4.79 Å². The van der Waals surface area contributed by atoms with Gasteiger partial charge in [0.25, 0.3) is 5.91 Å². The van der Waals surface area contributed by atoms with Crippen LogP contribution in [-0.2, 0) is 0 Å². The molecule has 26 heavy (non-hydrogen) atoms. The van der Waals surface area contributed by atoms with Crippen molar-refractivity contribution >= 4 is 39.4 Å². The fourth-order valence-electron chi connectivity index (χ4n) is 3.01. The van der Waals surface area contributed by atoms with Gasteiger partial charge in [-0.25, -0.2) is 4.98 Å². The van der Waals surface area contributed by atoms with E-state index in [2.05, 4.69) is 4.98 Å². The number of carbonyl (C=O) groups is 1. The Morgan fingerprint density at radius 1 is 1.08 bits per heavy atom. The van der Waals surface area contributed by atoms with Crippen molar-refractivity contribution in [2.24, 2.45) is 0 Å². The lowest BCUT2D eigenvalue weighted by atomic mass is 10.1. The van der Waals surface area contributed by atoms with Gasteiger partial charge in [0.1, 0.15) is 16.5 Å². The largest absolute Gasteiger partial charge is 0.459 e. The van der Waals surface area contributed by atoms with Crippen LogP contribution in [0.15, 0.2) is 65.1 Å². The molecule has 4 nitrogen and oxygen atoms in total. The molecule has 130 valence electrons. The molecule has 0 fully saturated rings. The molecule has 4 rings (SSSR count). The van der Waals surface area contributed by atoms with Crippen LogP contribution in [0.4, 0.5) is 0 Å². The summed E-state index contributed by atoms with van der Waals surface area (Å²) in [5.74, 6) is 0.686. The maximum absolute atomic E-state index is 12.9. The molecule has 0 aliphatic heterocycles. The molecule has 2 heterocycles. The van der Waals surface area contributed by atoms with E-state index in [-0.39, 0.29) is 11.9 Å². The third kappa shape index (κ3) is 2.93. The Hall–Kier alpha value is -2.85. The van der Waals surface area contributed by atoms with Crippen LogP contribution < -0.4 is 0 Å². The van der Waals surface area contributed by atoms with Crippen molar-refractivity contribution in [2.45, 2.75) is 13.0 Å².